The van der Waals surface area contributed by atoms with Gasteiger partial charge in [-0.3, -0.25) is 14.4 Å². The Hall–Kier alpha value is -2.51. The molecule has 5 fully saturated rings. The molecule has 376 valence electrons. The molecule has 0 aliphatic carbocycles. The van der Waals surface area contributed by atoms with Gasteiger partial charge in [-0.05, 0) is 0 Å². The average Bonchev–Trinajstić information content (AvgIpc) is 3.26. The maximum Gasteiger partial charge on any atom is 0.217 e. The third kappa shape index (κ3) is 11.9. The zero-order valence-corrected chi connectivity index (χ0v) is 35.1. The van der Waals surface area contributed by atoms with Gasteiger partial charge in [0, 0.05) is 20.8 Å². The fourth-order valence-corrected chi connectivity index (χ4v) is 8.24. The first-order valence-electron chi connectivity index (χ1n) is 20.6. The van der Waals surface area contributed by atoms with Crippen molar-refractivity contribution in [2.24, 2.45) is 0 Å². The fraction of sp³-hybridized carbons (Fsp3) is 0.917. The Morgan fingerprint density at radius 3 is 1.25 bits per heavy atom. The maximum absolute atomic E-state index is 12.4. The third-order valence-electron chi connectivity index (χ3n) is 11.5. The van der Waals surface area contributed by atoms with Gasteiger partial charge in [-0.1, -0.05) is 0 Å². The lowest BCUT2D eigenvalue weighted by atomic mass is 9.94. The number of carbonyl (C=O) groups is 3. The van der Waals surface area contributed by atoms with E-state index in [1.54, 1.807) is 0 Å². The van der Waals surface area contributed by atoms with E-state index in [1.165, 1.54) is 0 Å². The van der Waals surface area contributed by atoms with Crippen LogP contribution in [0.4, 0.5) is 0 Å². The smallest absolute Gasteiger partial charge is 0.217 e. The van der Waals surface area contributed by atoms with Gasteiger partial charge < -0.3 is 130 Å². The largest absolute Gasteiger partial charge is 0.394 e. The third-order valence-corrected chi connectivity index (χ3v) is 11.5. The lowest BCUT2D eigenvalue weighted by molar-refractivity contribution is -0.384. The van der Waals surface area contributed by atoms with Gasteiger partial charge in [0.25, 0.3) is 0 Å². The summed E-state index contributed by atoms with van der Waals surface area (Å²) in [7, 11) is 0. The van der Waals surface area contributed by atoms with Gasteiger partial charge in [0.1, 0.15) is 122 Å². The molecule has 17 N–H and O–H groups in total. The van der Waals surface area contributed by atoms with E-state index in [1.807, 2.05) is 0 Å². The molecular weight excluding hydrogens is 890 g/mol. The van der Waals surface area contributed by atoms with Crippen molar-refractivity contribution < 1.29 is 129 Å². The van der Waals surface area contributed by atoms with E-state index in [0.717, 1.165) is 20.8 Å². The van der Waals surface area contributed by atoms with Crippen molar-refractivity contribution in [3.8, 4) is 0 Å². The zero-order valence-electron chi connectivity index (χ0n) is 35.1. The lowest BCUT2D eigenvalue weighted by Crippen LogP contribution is -2.70. The van der Waals surface area contributed by atoms with Crippen LogP contribution in [0.15, 0.2) is 0 Å². The highest BCUT2D eigenvalue weighted by atomic mass is 16.8. The van der Waals surface area contributed by atoms with Crippen LogP contribution in [0.25, 0.3) is 0 Å². The van der Waals surface area contributed by atoms with Crippen molar-refractivity contribution in [3.05, 3.63) is 0 Å². The molecule has 3 amide bonds. The second-order valence-electron chi connectivity index (χ2n) is 16.2. The Kier molecular flexibility index (Phi) is 19.1. The van der Waals surface area contributed by atoms with Crippen molar-refractivity contribution in [1.29, 1.82) is 0 Å². The number of hydrogen-bond acceptors (Lipinski definition) is 26. The highest BCUT2D eigenvalue weighted by Gasteiger charge is 2.57. The Labute approximate surface area is 369 Å². The summed E-state index contributed by atoms with van der Waals surface area (Å²) < 4.78 is 51.2. The Balaban J connectivity index is 1.35. The molecule has 0 bridgehead atoms. The molecule has 0 radical (unpaired) electrons. The first kappa shape index (κ1) is 53.4. The molecule has 0 aromatic rings. The van der Waals surface area contributed by atoms with Gasteiger partial charge in [0.05, 0.1) is 33.0 Å². The summed E-state index contributed by atoms with van der Waals surface area (Å²) in [4.78, 5) is 36.3. The van der Waals surface area contributed by atoms with E-state index in [2.05, 4.69) is 16.0 Å². The Bertz CT molecular complexity index is 1560. The van der Waals surface area contributed by atoms with E-state index in [-0.39, 0.29) is 0 Å². The molecule has 0 spiro atoms. The first-order chi connectivity index (χ1) is 30.7. The molecule has 0 saturated carbocycles. The summed E-state index contributed by atoms with van der Waals surface area (Å²) in [6.45, 7) is -1.41. The molecule has 29 nitrogen and oxygen atoms in total. The highest BCUT2D eigenvalue weighted by molar-refractivity contribution is 5.74. The minimum absolute atomic E-state index is 0.709. The van der Waals surface area contributed by atoms with Crippen LogP contribution >= 0.6 is 0 Å². The predicted molar refractivity (Wildman–Crippen MR) is 201 cm³/mol. The Morgan fingerprint density at radius 1 is 0.369 bits per heavy atom. The Morgan fingerprint density at radius 2 is 0.723 bits per heavy atom. The number of hydrogen-bond donors (Lipinski definition) is 17. The van der Waals surface area contributed by atoms with E-state index in [4.69, 9.17) is 42.6 Å². The summed E-state index contributed by atoms with van der Waals surface area (Å²) in [6.07, 6.45) is -40.0. The first-order valence-corrected chi connectivity index (χ1v) is 20.6. The molecule has 5 saturated heterocycles. The summed E-state index contributed by atoms with van der Waals surface area (Å²) in [5.41, 5.74) is 0. The van der Waals surface area contributed by atoms with Crippen molar-refractivity contribution in [2.45, 2.75) is 174 Å². The number of aliphatic hydroxyl groups is 14. The van der Waals surface area contributed by atoms with Crippen LogP contribution in [0.1, 0.15) is 20.8 Å². The van der Waals surface area contributed by atoms with E-state index < -0.39 is 204 Å². The van der Waals surface area contributed by atoms with E-state index >= 15 is 0 Å². The van der Waals surface area contributed by atoms with Gasteiger partial charge in [-0.2, -0.15) is 0 Å². The molecule has 25 atom stereocenters. The predicted octanol–water partition coefficient (Wildman–Crippen LogP) is -11.5. The SMILES string of the molecule is CC(=O)N[C@H]1[C@H](O[C@H]2[C@@H](O)[C@@H](CO)O[C@@H](O[C@@H]3[C@H](O)[C@@H](O)[C@H](O[C@H]4[C@@H](O)[C@@H](CO)OC(O)[C@@H]4NC(C)=O)O[C@@H]3CO)[C@@H]2O)O[C@H](CO)[C@H](O[C@@H]2O[C@H](CO)[C@H](O)[C@H](O)[C@H]2NC(C)=O)[C@@H]1O. The van der Waals surface area contributed by atoms with Crippen LogP contribution in [-0.2, 0) is 57.0 Å². The number of amides is 3. The zero-order chi connectivity index (χ0) is 48.2. The summed E-state index contributed by atoms with van der Waals surface area (Å²) >= 11 is 0. The lowest BCUT2D eigenvalue weighted by Gasteiger charge is -2.50. The maximum atomic E-state index is 12.4. The molecule has 0 aromatic carbocycles. The van der Waals surface area contributed by atoms with Crippen molar-refractivity contribution in [1.82, 2.24) is 16.0 Å². The van der Waals surface area contributed by atoms with Gasteiger partial charge >= 0.3 is 0 Å². The van der Waals surface area contributed by atoms with Gasteiger partial charge in [-0.25, -0.2) is 0 Å². The standard InChI is InChI=1S/C36H61N3O26/c1-9(45)37-17-23(51)20(48)12(4-40)58-33(17)62-28-15(7-43)60-34(18(24(28)52)38-10(2)46)65-31-22(50)14(6-42)59-36(27(31)55)63-29-16(8-44)61-35(26(54)25(29)53)64-30-19(39-11(3)47)32(56)57-13(5-41)21(30)49/h12-36,40-44,48-56H,4-8H2,1-3H3,(H,37,45)(H,38,46)(H,39,47)/t12-,13-,14-,15-,16-,17-,18-,19-,20+,21+,22+,23-,24-,25-,26-,27-,28+,29+,30-,31+,32?,33+,34+,35+,36+/m1/s1. The number of carbonyl (C=O) groups excluding carboxylic acids is 3. The van der Waals surface area contributed by atoms with Crippen molar-refractivity contribution in [3.63, 3.8) is 0 Å². The van der Waals surface area contributed by atoms with Crippen LogP contribution in [0.2, 0.25) is 0 Å². The number of rotatable bonds is 16. The summed E-state index contributed by atoms with van der Waals surface area (Å²) in [5.74, 6) is -2.22. The monoisotopic (exact) mass is 951 g/mol. The fourth-order valence-electron chi connectivity index (χ4n) is 8.24. The van der Waals surface area contributed by atoms with Crippen LogP contribution in [0.5, 0.6) is 0 Å². The van der Waals surface area contributed by atoms with Crippen LogP contribution in [-0.4, -0.2) is 276 Å². The second kappa shape index (κ2) is 23.2. The average molecular weight is 952 g/mol. The summed E-state index contributed by atoms with van der Waals surface area (Å²) in [6, 6.07) is -4.72. The van der Waals surface area contributed by atoms with E-state index in [0.29, 0.717) is 0 Å². The number of ether oxygens (including phenoxy) is 9. The van der Waals surface area contributed by atoms with Gasteiger partial charge in [0.2, 0.25) is 17.7 Å². The molecule has 5 heterocycles. The molecular formula is C36H61N3O26. The normalized spacial score (nSPS) is 47.1. The number of nitrogens with one attached hydrogen (secondary N) is 3. The molecule has 5 aliphatic heterocycles. The van der Waals surface area contributed by atoms with Crippen molar-refractivity contribution >= 4 is 17.7 Å². The van der Waals surface area contributed by atoms with Crippen LogP contribution in [0, 0.1) is 0 Å². The topological polar surface area (TPSA) is 454 Å². The quantitative estimate of drug-likeness (QED) is 0.0683. The minimum atomic E-state index is -2.16. The molecule has 1 unspecified atom stereocenters. The molecule has 65 heavy (non-hydrogen) atoms. The van der Waals surface area contributed by atoms with E-state index in [9.17, 15) is 85.9 Å². The highest BCUT2D eigenvalue weighted by Crippen LogP contribution is 2.36. The minimum Gasteiger partial charge on any atom is -0.394 e. The summed E-state index contributed by atoms with van der Waals surface area (Å²) in [5, 5.41) is 157. The molecule has 29 heteroatoms. The second-order valence-corrected chi connectivity index (χ2v) is 16.2. The van der Waals surface area contributed by atoms with Gasteiger partial charge in [-0.15, -0.1) is 0 Å². The molecule has 5 rings (SSSR count). The molecule has 0 aromatic heterocycles. The van der Waals surface area contributed by atoms with Crippen LogP contribution < -0.4 is 16.0 Å². The van der Waals surface area contributed by atoms with Crippen LogP contribution in [0.3, 0.4) is 0 Å². The number of aliphatic hydroxyl groups excluding tert-OH is 14. The van der Waals surface area contributed by atoms with Crippen molar-refractivity contribution in [2.75, 3.05) is 33.0 Å². The molecule has 5 aliphatic rings. The van der Waals surface area contributed by atoms with Gasteiger partial charge in [0.15, 0.2) is 31.5 Å².